The lowest BCUT2D eigenvalue weighted by Gasteiger charge is -2.07. The minimum absolute atomic E-state index is 0.0138. The Balaban J connectivity index is 1.74. The van der Waals surface area contributed by atoms with Crippen molar-refractivity contribution in [3.05, 3.63) is 94.0 Å². The predicted octanol–water partition coefficient (Wildman–Crippen LogP) is 5.95. The fourth-order valence-electron chi connectivity index (χ4n) is 3.21. The third-order valence-corrected chi connectivity index (χ3v) is 5.88. The number of benzene rings is 3. The molecule has 0 aliphatic rings. The molecule has 1 aromatic heterocycles. The summed E-state index contributed by atoms with van der Waals surface area (Å²) in [6.07, 6.45) is 0. The molecule has 0 saturated carbocycles. The fourth-order valence-corrected chi connectivity index (χ4v) is 4.20. The summed E-state index contributed by atoms with van der Waals surface area (Å²) in [4.78, 5) is 28.9. The van der Waals surface area contributed by atoms with Crippen LogP contribution in [0.25, 0.3) is 21.7 Å². The first-order chi connectivity index (χ1) is 15.5. The first-order valence-corrected chi connectivity index (χ1v) is 10.5. The first kappa shape index (κ1) is 21.2. The molecule has 0 fully saturated rings. The standard InChI is InChI=1S/C24H19N3O4S/c1-15-7-9-16(10-8-15)21-22(17-11-13-18(14-12-17)27(29)30)32-24(25-21)26-23(28)19-5-3-4-6-20(19)31-2/h3-14H,1-2H3,(H,25,26,28). The number of ether oxygens (including phenoxy) is 1. The maximum Gasteiger partial charge on any atom is 0.269 e. The Bertz CT molecular complexity index is 1280. The lowest BCUT2D eigenvalue weighted by Crippen LogP contribution is -2.12. The predicted molar refractivity (Wildman–Crippen MR) is 125 cm³/mol. The minimum Gasteiger partial charge on any atom is -0.496 e. The van der Waals surface area contributed by atoms with Crippen LogP contribution in [0.1, 0.15) is 15.9 Å². The van der Waals surface area contributed by atoms with E-state index in [1.165, 1.54) is 30.6 Å². The zero-order valence-electron chi connectivity index (χ0n) is 17.4. The van der Waals surface area contributed by atoms with Gasteiger partial charge in [0.15, 0.2) is 5.13 Å². The Labute approximate surface area is 188 Å². The van der Waals surface area contributed by atoms with Crippen molar-refractivity contribution in [3.63, 3.8) is 0 Å². The topological polar surface area (TPSA) is 94.4 Å². The summed E-state index contributed by atoms with van der Waals surface area (Å²) in [6, 6.07) is 21.2. The number of nitrogens with one attached hydrogen (secondary N) is 1. The number of amides is 1. The van der Waals surface area contributed by atoms with E-state index >= 15 is 0 Å². The normalized spacial score (nSPS) is 10.6. The zero-order valence-corrected chi connectivity index (χ0v) is 18.2. The number of nitrogens with zero attached hydrogens (tertiary/aromatic N) is 2. The van der Waals surface area contributed by atoms with Gasteiger partial charge in [0.2, 0.25) is 0 Å². The molecule has 0 unspecified atom stereocenters. The average Bonchev–Trinajstić information content (AvgIpc) is 3.23. The van der Waals surface area contributed by atoms with E-state index in [0.29, 0.717) is 22.1 Å². The van der Waals surface area contributed by atoms with Crippen molar-refractivity contribution in [1.29, 1.82) is 0 Å². The van der Waals surface area contributed by atoms with Crippen LogP contribution in [-0.4, -0.2) is 22.9 Å². The van der Waals surface area contributed by atoms with Crippen LogP contribution in [0.4, 0.5) is 10.8 Å². The number of rotatable bonds is 6. The molecule has 160 valence electrons. The Kier molecular flexibility index (Phi) is 5.96. The van der Waals surface area contributed by atoms with E-state index in [0.717, 1.165) is 21.6 Å². The number of hydrogen-bond acceptors (Lipinski definition) is 6. The van der Waals surface area contributed by atoms with Gasteiger partial charge in [0.25, 0.3) is 11.6 Å². The van der Waals surface area contributed by atoms with Crippen molar-refractivity contribution in [1.82, 2.24) is 4.98 Å². The number of para-hydroxylation sites is 1. The van der Waals surface area contributed by atoms with Crippen LogP contribution in [0, 0.1) is 17.0 Å². The number of aryl methyl sites for hydroxylation is 1. The Morgan fingerprint density at radius 1 is 1.00 bits per heavy atom. The molecule has 0 radical (unpaired) electrons. The van der Waals surface area contributed by atoms with E-state index in [1.54, 1.807) is 36.4 Å². The lowest BCUT2D eigenvalue weighted by molar-refractivity contribution is -0.384. The van der Waals surface area contributed by atoms with Gasteiger partial charge in [-0.1, -0.05) is 53.3 Å². The van der Waals surface area contributed by atoms with Crippen LogP contribution >= 0.6 is 11.3 Å². The molecular formula is C24H19N3O4S. The number of hydrogen-bond donors (Lipinski definition) is 1. The van der Waals surface area contributed by atoms with Crippen molar-refractivity contribution < 1.29 is 14.5 Å². The van der Waals surface area contributed by atoms with Crippen LogP contribution < -0.4 is 10.1 Å². The molecule has 3 aromatic carbocycles. The van der Waals surface area contributed by atoms with Crippen molar-refractivity contribution in [3.8, 4) is 27.4 Å². The third-order valence-electron chi connectivity index (χ3n) is 4.86. The maximum atomic E-state index is 12.9. The molecule has 0 aliphatic carbocycles. The number of anilines is 1. The van der Waals surface area contributed by atoms with Crippen LogP contribution in [-0.2, 0) is 0 Å². The molecule has 0 atom stereocenters. The van der Waals surface area contributed by atoms with Crippen molar-refractivity contribution >= 4 is 28.1 Å². The van der Waals surface area contributed by atoms with E-state index in [4.69, 9.17) is 4.74 Å². The number of nitro groups is 1. The largest absolute Gasteiger partial charge is 0.496 e. The van der Waals surface area contributed by atoms with Gasteiger partial charge in [0, 0.05) is 17.7 Å². The number of nitro benzene ring substituents is 1. The fraction of sp³-hybridized carbons (Fsp3) is 0.0833. The highest BCUT2D eigenvalue weighted by atomic mass is 32.1. The number of carbonyl (C=O) groups is 1. The zero-order chi connectivity index (χ0) is 22.7. The monoisotopic (exact) mass is 445 g/mol. The maximum absolute atomic E-state index is 12.9. The summed E-state index contributed by atoms with van der Waals surface area (Å²) in [5, 5.41) is 14.3. The number of non-ortho nitro benzene ring substituents is 1. The smallest absolute Gasteiger partial charge is 0.269 e. The van der Waals surface area contributed by atoms with Crippen molar-refractivity contribution in [2.24, 2.45) is 0 Å². The number of methoxy groups -OCH3 is 1. The highest BCUT2D eigenvalue weighted by Crippen LogP contribution is 2.40. The Morgan fingerprint density at radius 2 is 1.66 bits per heavy atom. The highest BCUT2D eigenvalue weighted by molar-refractivity contribution is 7.19. The molecule has 1 amide bonds. The quantitative estimate of drug-likeness (QED) is 0.292. The second kappa shape index (κ2) is 8.99. The van der Waals surface area contributed by atoms with Gasteiger partial charge in [-0.2, -0.15) is 0 Å². The molecule has 4 rings (SSSR count). The highest BCUT2D eigenvalue weighted by Gasteiger charge is 2.19. The second-order valence-electron chi connectivity index (χ2n) is 7.02. The summed E-state index contributed by atoms with van der Waals surface area (Å²) in [5.41, 5.74) is 3.89. The number of thiazole rings is 1. The van der Waals surface area contributed by atoms with Gasteiger partial charge in [-0.3, -0.25) is 20.2 Å². The van der Waals surface area contributed by atoms with Crippen molar-refractivity contribution in [2.75, 3.05) is 12.4 Å². The average molecular weight is 446 g/mol. The number of carbonyl (C=O) groups excluding carboxylic acids is 1. The van der Waals surface area contributed by atoms with Gasteiger partial charge in [-0.05, 0) is 36.8 Å². The molecule has 0 bridgehead atoms. The summed E-state index contributed by atoms with van der Waals surface area (Å²) in [5.74, 6) is 0.137. The van der Waals surface area contributed by atoms with Crippen molar-refractivity contribution in [2.45, 2.75) is 6.92 Å². The lowest BCUT2D eigenvalue weighted by atomic mass is 10.1. The molecule has 0 aliphatic heterocycles. The van der Waals surface area contributed by atoms with Crippen LogP contribution in [0.5, 0.6) is 5.75 Å². The summed E-state index contributed by atoms with van der Waals surface area (Å²) >= 11 is 1.31. The number of aromatic nitrogens is 1. The molecule has 8 heteroatoms. The summed E-state index contributed by atoms with van der Waals surface area (Å²) in [7, 11) is 1.51. The van der Waals surface area contributed by atoms with Crippen LogP contribution in [0.15, 0.2) is 72.8 Å². The SMILES string of the molecule is COc1ccccc1C(=O)Nc1nc(-c2ccc(C)cc2)c(-c2ccc([N+](=O)[O-])cc2)s1. The molecule has 7 nitrogen and oxygen atoms in total. The first-order valence-electron chi connectivity index (χ1n) is 9.73. The Morgan fingerprint density at radius 3 is 2.31 bits per heavy atom. The van der Waals surface area contributed by atoms with E-state index in [2.05, 4.69) is 10.3 Å². The summed E-state index contributed by atoms with van der Waals surface area (Å²) in [6.45, 7) is 2.00. The second-order valence-corrected chi connectivity index (χ2v) is 8.02. The Hall–Kier alpha value is -4.04. The van der Waals surface area contributed by atoms with E-state index in [1.807, 2.05) is 31.2 Å². The minimum atomic E-state index is -0.434. The van der Waals surface area contributed by atoms with E-state index in [-0.39, 0.29) is 11.6 Å². The van der Waals surface area contributed by atoms with Gasteiger partial charge in [-0.25, -0.2) is 4.98 Å². The van der Waals surface area contributed by atoms with Crippen LogP contribution in [0.2, 0.25) is 0 Å². The van der Waals surface area contributed by atoms with Crippen LogP contribution in [0.3, 0.4) is 0 Å². The third kappa shape index (κ3) is 4.35. The van der Waals surface area contributed by atoms with Gasteiger partial charge in [0.05, 0.1) is 28.2 Å². The molecular weight excluding hydrogens is 426 g/mol. The molecule has 1 heterocycles. The molecule has 32 heavy (non-hydrogen) atoms. The summed E-state index contributed by atoms with van der Waals surface area (Å²) < 4.78 is 5.28. The van der Waals surface area contributed by atoms with Gasteiger partial charge in [0.1, 0.15) is 5.75 Å². The molecule has 0 spiro atoms. The molecule has 0 saturated heterocycles. The van der Waals surface area contributed by atoms with Gasteiger partial charge >= 0.3 is 0 Å². The van der Waals surface area contributed by atoms with Gasteiger partial charge in [-0.15, -0.1) is 0 Å². The molecule has 4 aromatic rings. The molecule has 1 N–H and O–H groups in total. The van der Waals surface area contributed by atoms with E-state index in [9.17, 15) is 14.9 Å². The van der Waals surface area contributed by atoms with Gasteiger partial charge < -0.3 is 4.74 Å². The van der Waals surface area contributed by atoms with E-state index < -0.39 is 4.92 Å².